The number of rotatable bonds is 6. The highest BCUT2D eigenvalue weighted by Crippen LogP contribution is 2.16. The predicted molar refractivity (Wildman–Crippen MR) is 92.6 cm³/mol. The molecule has 2 aromatic heterocycles. The van der Waals surface area contributed by atoms with Crippen LogP contribution in [0.5, 0.6) is 0 Å². The van der Waals surface area contributed by atoms with Crippen LogP contribution in [0.3, 0.4) is 0 Å². The molecule has 8 nitrogen and oxygen atoms in total. The first-order chi connectivity index (χ1) is 11.7. The van der Waals surface area contributed by atoms with Crippen LogP contribution in [0.25, 0.3) is 11.2 Å². The third-order valence-corrected chi connectivity index (χ3v) is 3.45. The summed E-state index contributed by atoms with van der Waals surface area (Å²) in [5.41, 5.74) is 9.48. The minimum atomic E-state index is 0.289. The number of nitrogens with zero attached hydrogens (tertiary/aromatic N) is 4. The van der Waals surface area contributed by atoms with Gasteiger partial charge in [0.2, 0.25) is 5.95 Å². The van der Waals surface area contributed by atoms with E-state index in [0.717, 1.165) is 23.2 Å². The number of nitrogen functional groups attached to an aromatic ring is 1. The Bertz CT molecular complexity index is 864. The molecule has 8 heteroatoms. The van der Waals surface area contributed by atoms with Crippen molar-refractivity contribution >= 4 is 34.9 Å². The van der Waals surface area contributed by atoms with E-state index >= 15 is 0 Å². The first kappa shape index (κ1) is 15.6. The van der Waals surface area contributed by atoms with E-state index in [1.54, 1.807) is 13.2 Å². The first-order valence-electron chi connectivity index (χ1n) is 7.43. The lowest BCUT2D eigenvalue weighted by molar-refractivity contribution is -0.107. The number of hydrogen-bond donors (Lipinski definition) is 3. The zero-order chi connectivity index (χ0) is 16.9. The Morgan fingerprint density at radius 1 is 1.17 bits per heavy atom. The predicted octanol–water partition coefficient (Wildman–Crippen LogP) is 1.40. The Morgan fingerprint density at radius 3 is 2.67 bits per heavy atom. The van der Waals surface area contributed by atoms with E-state index in [4.69, 9.17) is 5.73 Å². The van der Waals surface area contributed by atoms with E-state index < -0.39 is 0 Å². The molecule has 24 heavy (non-hydrogen) atoms. The molecule has 0 aliphatic rings. The van der Waals surface area contributed by atoms with Crippen LogP contribution in [-0.4, -0.2) is 33.3 Å². The number of carbonyl (C=O) groups is 1. The SMILES string of the molecule is CNc1nc(N)c2nc(CNc3ccc(CC=O)cc3)cnc2n1. The highest BCUT2D eigenvalue weighted by Gasteiger charge is 2.08. The highest BCUT2D eigenvalue weighted by molar-refractivity contribution is 5.81. The molecule has 0 saturated carbocycles. The number of aromatic nitrogens is 4. The summed E-state index contributed by atoms with van der Waals surface area (Å²) in [7, 11) is 1.71. The Kier molecular flexibility index (Phi) is 4.46. The molecule has 0 spiro atoms. The second-order valence-electron chi connectivity index (χ2n) is 5.14. The van der Waals surface area contributed by atoms with Crippen LogP contribution in [-0.2, 0) is 17.8 Å². The fourth-order valence-corrected chi connectivity index (χ4v) is 2.21. The minimum absolute atomic E-state index is 0.289. The van der Waals surface area contributed by atoms with Crippen LogP contribution < -0.4 is 16.4 Å². The lowest BCUT2D eigenvalue weighted by Crippen LogP contribution is -2.07. The number of fused-ring (bicyclic) bond motifs is 1. The topological polar surface area (TPSA) is 119 Å². The molecule has 4 N–H and O–H groups in total. The second-order valence-corrected chi connectivity index (χ2v) is 5.14. The number of nitrogens with one attached hydrogen (secondary N) is 2. The molecule has 0 bridgehead atoms. The Hall–Kier alpha value is -3.29. The fraction of sp³-hybridized carbons (Fsp3) is 0.188. The molecule has 0 fully saturated rings. The van der Waals surface area contributed by atoms with Gasteiger partial charge in [-0.1, -0.05) is 12.1 Å². The number of aldehydes is 1. The van der Waals surface area contributed by atoms with Crippen LogP contribution in [0.4, 0.5) is 17.5 Å². The maximum atomic E-state index is 10.5. The van der Waals surface area contributed by atoms with Gasteiger partial charge in [-0.2, -0.15) is 9.97 Å². The summed E-state index contributed by atoms with van der Waals surface area (Å²) in [4.78, 5) is 27.6. The van der Waals surface area contributed by atoms with Gasteiger partial charge >= 0.3 is 0 Å². The van der Waals surface area contributed by atoms with Crippen LogP contribution in [0.2, 0.25) is 0 Å². The average Bonchev–Trinajstić information content (AvgIpc) is 2.61. The molecule has 0 radical (unpaired) electrons. The summed E-state index contributed by atoms with van der Waals surface area (Å²) in [6, 6.07) is 7.66. The molecular weight excluding hydrogens is 306 g/mol. The summed E-state index contributed by atoms with van der Waals surface area (Å²) < 4.78 is 0. The number of carbonyl (C=O) groups excluding carboxylic acids is 1. The van der Waals surface area contributed by atoms with Gasteiger partial charge in [-0.15, -0.1) is 0 Å². The molecule has 0 aliphatic carbocycles. The van der Waals surface area contributed by atoms with E-state index in [0.29, 0.717) is 30.1 Å². The van der Waals surface area contributed by atoms with Crippen molar-refractivity contribution in [3.63, 3.8) is 0 Å². The summed E-state index contributed by atoms with van der Waals surface area (Å²) in [6.07, 6.45) is 2.96. The minimum Gasteiger partial charge on any atom is -0.382 e. The fourth-order valence-electron chi connectivity index (χ4n) is 2.21. The molecule has 0 atom stereocenters. The van der Waals surface area contributed by atoms with E-state index in [-0.39, 0.29) is 5.82 Å². The summed E-state index contributed by atoms with van der Waals surface area (Å²) in [5.74, 6) is 0.701. The van der Waals surface area contributed by atoms with Gasteiger partial charge in [0.15, 0.2) is 17.0 Å². The molecule has 2 heterocycles. The number of hydrogen-bond acceptors (Lipinski definition) is 8. The van der Waals surface area contributed by atoms with Gasteiger partial charge in [0.25, 0.3) is 0 Å². The first-order valence-corrected chi connectivity index (χ1v) is 7.43. The highest BCUT2D eigenvalue weighted by atomic mass is 16.1. The molecule has 0 amide bonds. The molecular formula is C16H17N7O. The Balaban J connectivity index is 1.75. The molecule has 3 rings (SSSR count). The van der Waals surface area contributed by atoms with Crippen molar-refractivity contribution in [3.8, 4) is 0 Å². The van der Waals surface area contributed by atoms with Crippen LogP contribution in [0.15, 0.2) is 30.5 Å². The van der Waals surface area contributed by atoms with Gasteiger partial charge in [-0.25, -0.2) is 9.97 Å². The zero-order valence-corrected chi connectivity index (χ0v) is 13.2. The van der Waals surface area contributed by atoms with Gasteiger partial charge in [-0.05, 0) is 17.7 Å². The largest absolute Gasteiger partial charge is 0.382 e. The van der Waals surface area contributed by atoms with E-state index in [1.165, 1.54) is 0 Å². The standard InChI is InChI=1S/C16H17N7O/c1-18-16-22-14(17)13-15(23-16)20-9-12(21-13)8-19-11-4-2-10(3-5-11)6-7-24/h2-5,7,9,19H,6,8H2,1H3,(H3,17,18,20,22,23). The van der Waals surface area contributed by atoms with Gasteiger partial charge in [0.05, 0.1) is 18.4 Å². The number of anilines is 3. The number of nitrogens with two attached hydrogens (primary N) is 1. The van der Waals surface area contributed by atoms with Crippen LogP contribution in [0.1, 0.15) is 11.3 Å². The van der Waals surface area contributed by atoms with Crippen molar-refractivity contribution in [1.82, 2.24) is 19.9 Å². The normalized spacial score (nSPS) is 10.5. The summed E-state index contributed by atoms with van der Waals surface area (Å²) >= 11 is 0. The van der Waals surface area contributed by atoms with Crippen molar-refractivity contribution in [2.75, 3.05) is 23.4 Å². The monoisotopic (exact) mass is 323 g/mol. The summed E-state index contributed by atoms with van der Waals surface area (Å²) in [6.45, 7) is 0.489. The third-order valence-electron chi connectivity index (χ3n) is 3.45. The molecule has 0 saturated heterocycles. The maximum absolute atomic E-state index is 10.5. The average molecular weight is 323 g/mol. The molecule has 122 valence electrons. The lowest BCUT2D eigenvalue weighted by Gasteiger charge is -2.08. The Labute approximate surface area is 138 Å². The van der Waals surface area contributed by atoms with Gasteiger partial charge in [-0.3, -0.25) is 0 Å². The molecule has 0 unspecified atom stereocenters. The van der Waals surface area contributed by atoms with Crippen molar-refractivity contribution in [3.05, 3.63) is 41.7 Å². The van der Waals surface area contributed by atoms with Crippen LogP contribution >= 0.6 is 0 Å². The van der Waals surface area contributed by atoms with E-state index in [1.807, 2.05) is 24.3 Å². The maximum Gasteiger partial charge on any atom is 0.226 e. The molecule has 1 aromatic carbocycles. The number of benzene rings is 1. The van der Waals surface area contributed by atoms with Crippen molar-refractivity contribution in [1.29, 1.82) is 0 Å². The lowest BCUT2D eigenvalue weighted by atomic mass is 10.1. The van der Waals surface area contributed by atoms with Gasteiger partial charge in [0.1, 0.15) is 6.29 Å². The van der Waals surface area contributed by atoms with Crippen molar-refractivity contribution < 1.29 is 4.79 Å². The summed E-state index contributed by atoms with van der Waals surface area (Å²) in [5, 5.41) is 6.08. The van der Waals surface area contributed by atoms with Crippen LogP contribution in [0, 0.1) is 0 Å². The second kappa shape index (κ2) is 6.86. The Morgan fingerprint density at radius 2 is 1.96 bits per heavy atom. The van der Waals surface area contributed by atoms with Gasteiger partial charge < -0.3 is 21.2 Å². The zero-order valence-electron chi connectivity index (χ0n) is 13.2. The smallest absolute Gasteiger partial charge is 0.226 e. The molecule has 3 aromatic rings. The van der Waals surface area contributed by atoms with Gasteiger partial charge in [0, 0.05) is 19.2 Å². The quantitative estimate of drug-likeness (QED) is 0.582. The van der Waals surface area contributed by atoms with Crippen molar-refractivity contribution in [2.24, 2.45) is 0 Å². The molecule has 0 aliphatic heterocycles. The van der Waals surface area contributed by atoms with E-state index in [2.05, 4.69) is 30.6 Å². The van der Waals surface area contributed by atoms with Crippen molar-refractivity contribution in [2.45, 2.75) is 13.0 Å². The third kappa shape index (κ3) is 3.37. The van der Waals surface area contributed by atoms with E-state index in [9.17, 15) is 4.79 Å².